The minimum absolute atomic E-state index is 0.245. The molecule has 0 spiro atoms. The fourth-order valence-corrected chi connectivity index (χ4v) is 1.60. The third-order valence-electron chi connectivity index (χ3n) is 2.60. The molecule has 5 heteroatoms. The number of epoxide rings is 1. The van der Waals surface area contributed by atoms with Crippen molar-refractivity contribution in [2.75, 3.05) is 13.2 Å². The molecule has 0 unspecified atom stereocenters. The van der Waals surface area contributed by atoms with E-state index in [9.17, 15) is 9.90 Å². The number of ether oxygens (including phenoxy) is 2. The number of rotatable bonds is 7. The highest BCUT2D eigenvalue weighted by atomic mass is 16.6. The van der Waals surface area contributed by atoms with E-state index < -0.39 is 17.8 Å². The molecular formula is C13H25NO4. The number of carbonyl (C=O) groups excluding carboxylic acids is 1. The van der Waals surface area contributed by atoms with Crippen molar-refractivity contribution in [3.8, 4) is 0 Å². The van der Waals surface area contributed by atoms with E-state index in [4.69, 9.17) is 9.47 Å². The zero-order valence-electron chi connectivity index (χ0n) is 11.6. The largest absolute Gasteiger partial charge is 0.444 e. The maximum Gasteiger partial charge on any atom is 0.407 e. The highest BCUT2D eigenvalue weighted by Gasteiger charge is 2.21. The van der Waals surface area contributed by atoms with Crippen LogP contribution in [0.3, 0.4) is 0 Å². The van der Waals surface area contributed by atoms with Gasteiger partial charge >= 0.3 is 6.09 Å². The predicted octanol–water partition coefficient (Wildman–Crippen LogP) is 1.83. The van der Waals surface area contributed by atoms with Crippen LogP contribution in [0.5, 0.6) is 0 Å². The summed E-state index contributed by atoms with van der Waals surface area (Å²) in [5, 5.41) is 12.2. The Labute approximate surface area is 109 Å². The Kier molecular flexibility index (Phi) is 5.88. The Morgan fingerprint density at radius 2 is 2.17 bits per heavy atom. The van der Waals surface area contributed by atoms with Gasteiger partial charge in [0.25, 0.3) is 0 Å². The summed E-state index contributed by atoms with van der Waals surface area (Å²) >= 11 is 0. The molecule has 0 saturated carbocycles. The van der Waals surface area contributed by atoms with Crippen LogP contribution >= 0.6 is 0 Å². The fourth-order valence-electron chi connectivity index (χ4n) is 1.60. The molecule has 0 bridgehead atoms. The quantitative estimate of drug-likeness (QED) is 0.540. The van der Waals surface area contributed by atoms with Crippen molar-refractivity contribution in [3.05, 3.63) is 0 Å². The number of amides is 1. The summed E-state index contributed by atoms with van der Waals surface area (Å²) in [5.41, 5.74) is -0.501. The van der Waals surface area contributed by atoms with Gasteiger partial charge in [-0.25, -0.2) is 4.79 Å². The van der Waals surface area contributed by atoms with Gasteiger partial charge in [0.2, 0.25) is 0 Å². The number of nitrogens with one attached hydrogen (secondary N) is 1. The molecule has 1 heterocycles. The lowest BCUT2D eigenvalue weighted by atomic mass is 10.1. The average molecular weight is 259 g/mol. The van der Waals surface area contributed by atoms with Gasteiger partial charge < -0.3 is 19.9 Å². The summed E-state index contributed by atoms with van der Waals surface area (Å²) in [6.07, 6.45) is 3.27. The smallest absolute Gasteiger partial charge is 0.407 e. The Hall–Kier alpha value is -0.810. The maximum absolute atomic E-state index is 11.3. The first-order valence-corrected chi connectivity index (χ1v) is 6.63. The Morgan fingerprint density at radius 1 is 1.50 bits per heavy atom. The van der Waals surface area contributed by atoms with E-state index in [2.05, 4.69) is 5.32 Å². The van der Waals surface area contributed by atoms with Gasteiger partial charge in [0, 0.05) is 6.54 Å². The summed E-state index contributed by atoms with van der Waals surface area (Å²) in [4.78, 5) is 11.3. The molecule has 1 aliphatic rings. The van der Waals surface area contributed by atoms with E-state index in [-0.39, 0.29) is 6.54 Å². The minimum atomic E-state index is -0.502. The molecule has 18 heavy (non-hydrogen) atoms. The topological polar surface area (TPSA) is 71.1 Å². The van der Waals surface area contributed by atoms with Gasteiger partial charge in [-0.05, 0) is 33.6 Å². The van der Waals surface area contributed by atoms with E-state index in [0.29, 0.717) is 12.5 Å². The first-order valence-electron chi connectivity index (χ1n) is 6.63. The number of alkyl carbamates (subject to hydrolysis) is 1. The van der Waals surface area contributed by atoms with Gasteiger partial charge in [0.15, 0.2) is 0 Å². The van der Waals surface area contributed by atoms with Gasteiger partial charge in [-0.3, -0.25) is 0 Å². The molecule has 0 aliphatic carbocycles. The maximum atomic E-state index is 11.3. The molecular weight excluding hydrogens is 234 g/mol. The number of hydrogen-bond donors (Lipinski definition) is 2. The van der Waals surface area contributed by atoms with Crippen LogP contribution in [0.2, 0.25) is 0 Å². The summed E-state index contributed by atoms with van der Waals surface area (Å²) in [6, 6.07) is 0. The second-order valence-corrected chi connectivity index (χ2v) is 5.78. The van der Waals surface area contributed by atoms with E-state index in [1.165, 1.54) is 0 Å². The number of unbranched alkanes of at least 4 members (excludes halogenated alkanes) is 1. The zero-order chi connectivity index (χ0) is 13.6. The zero-order valence-corrected chi connectivity index (χ0v) is 11.6. The van der Waals surface area contributed by atoms with E-state index in [0.717, 1.165) is 25.9 Å². The van der Waals surface area contributed by atoms with Gasteiger partial charge in [0.1, 0.15) is 5.60 Å². The van der Waals surface area contributed by atoms with Crippen LogP contribution in [0, 0.1) is 0 Å². The first-order chi connectivity index (χ1) is 8.37. The van der Waals surface area contributed by atoms with Crippen molar-refractivity contribution < 1.29 is 19.4 Å². The lowest BCUT2D eigenvalue weighted by molar-refractivity contribution is 0.0487. The van der Waals surface area contributed by atoms with Crippen molar-refractivity contribution in [1.29, 1.82) is 0 Å². The first kappa shape index (κ1) is 15.2. The van der Waals surface area contributed by atoms with Crippen LogP contribution in [0.15, 0.2) is 0 Å². The van der Waals surface area contributed by atoms with Gasteiger partial charge in [-0.15, -0.1) is 0 Å². The van der Waals surface area contributed by atoms with E-state index in [1.807, 2.05) is 20.8 Å². The second-order valence-electron chi connectivity index (χ2n) is 5.78. The fraction of sp³-hybridized carbons (Fsp3) is 0.923. The Balaban J connectivity index is 1.97. The Bertz CT molecular complexity index is 258. The van der Waals surface area contributed by atoms with Gasteiger partial charge in [-0.1, -0.05) is 12.8 Å². The predicted molar refractivity (Wildman–Crippen MR) is 68.5 cm³/mol. The molecule has 1 amide bonds. The lowest BCUT2D eigenvalue weighted by Crippen LogP contribution is -2.36. The number of carbonyl (C=O) groups is 1. The summed E-state index contributed by atoms with van der Waals surface area (Å²) in [6.45, 7) is 6.56. The molecule has 106 valence electrons. The molecule has 0 aromatic rings. The van der Waals surface area contributed by atoms with Crippen LogP contribution in [-0.2, 0) is 9.47 Å². The normalized spacial score (nSPS) is 20.3. The molecule has 5 nitrogen and oxygen atoms in total. The third kappa shape index (κ3) is 8.31. The highest BCUT2D eigenvalue weighted by Crippen LogP contribution is 2.17. The van der Waals surface area contributed by atoms with Crippen molar-refractivity contribution in [2.45, 2.75) is 64.3 Å². The molecule has 1 rings (SSSR count). The SMILES string of the molecule is CC(C)(C)OC(=O)NC[C@@H](O)CCCC[C@@H]1CO1. The second kappa shape index (κ2) is 6.95. The van der Waals surface area contributed by atoms with Crippen molar-refractivity contribution >= 4 is 6.09 Å². The molecule has 2 N–H and O–H groups in total. The van der Waals surface area contributed by atoms with Gasteiger partial charge in [0.05, 0.1) is 18.8 Å². The monoisotopic (exact) mass is 259 g/mol. The van der Waals surface area contributed by atoms with Crippen LogP contribution < -0.4 is 5.32 Å². The molecule has 0 aromatic carbocycles. The molecule has 1 fully saturated rings. The third-order valence-corrected chi connectivity index (χ3v) is 2.60. The standard InChI is InChI=1S/C13H25NO4/c1-13(2,3)18-12(16)14-8-10(15)6-4-5-7-11-9-17-11/h10-11,15H,4-9H2,1-3H3,(H,14,16)/t10-,11+/m0/s1. The van der Waals surface area contributed by atoms with Gasteiger partial charge in [-0.2, -0.15) is 0 Å². The summed E-state index contributed by atoms with van der Waals surface area (Å²) < 4.78 is 10.2. The van der Waals surface area contributed by atoms with Crippen LogP contribution in [0.25, 0.3) is 0 Å². The van der Waals surface area contributed by atoms with Crippen LogP contribution in [-0.4, -0.2) is 42.2 Å². The van der Waals surface area contributed by atoms with Crippen molar-refractivity contribution in [2.24, 2.45) is 0 Å². The molecule has 1 aliphatic heterocycles. The van der Waals surface area contributed by atoms with E-state index in [1.54, 1.807) is 0 Å². The molecule has 0 radical (unpaired) electrons. The molecule has 1 saturated heterocycles. The number of hydrogen-bond acceptors (Lipinski definition) is 4. The summed E-state index contributed by atoms with van der Waals surface area (Å²) in [7, 11) is 0. The van der Waals surface area contributed by atoms with E-state index >= 15 is 0 Å². The lowest BCUT2D eigenvalue weighted by Gasteiger charge is -2.20. The van der Waals surface area contributed by atoms with Crippen molar-refractivity contribution in [1.82, 2.24) is 5.32 Å². The van der Waals surface area contributed by atoms with Crippen LogP contribution in [0.4, 0.5) is 4.79 Å². The molecule has 2 atom stereocenters. The van der Waals surface area contributed by atoms with Crippen molar-refractivity contribution in [3.63, 3.8) is 0 Å². The Morgan fingerprint density at radius 3 is 2.72 bits per heavy atom. The summed E-state index contributed by atoms with van der Waals surface area (Å²) in [5.74, 6) is 0. The average Bonchev–Trinajstić information content (AvgIpc) is 3.03. The highest BCUT2D eigenvalue weighted by molar-refractivity contribution is 5.67. The molecule has 0 aromatic heterocycles. The number of aliphatic hydroxyl groups excluding tert-OH is 1. The minimum Gasteiger partial charge on any atom is -0.444 e. The van der Waals surface area contributed by atoms with Crippen LogP contribution in [0.1, 0.15) is 46.5 Å². The number of aliphatic hydroxyl groups is 1.